The zero-order valence-electron chi connectivity index (χ0n) is 13.9. The fourth-order valence-electron chi connectivity index (χ4n) is 2.75. The molecule has 26 heavy (non-hydrogen) atoms. The van der Waals surface area contributed by atoms with Gasteiger partial charge in [-0.05, 0) is 35.0 Å². The Hall–Kier alpha value is -2.50. The average molecular weight is 382 g/mol. The molecule has 0 bridgehead atoms. The van der Waals surface area contributed by atoms with Crippen LogP contribution in [-0.4, -0.2) is 21.0 Å². The third kappa shape index (κ3) is 3.84. The van der Waals surface area contributed by atoms with Crippen molar-refractivity contribution in [2.45, 2.75) is 11.4 Å². The molecule has 2 heterocycles. The van der Waals surface area contributed by atoms with Gasteiger partial charge in [0.25, 0.3) is 0 Å². The molecule has 0 fully saturated rings. The second-order valence-corrected chi connectivity index (χ2v) is 7.40. The Morgan fingerprint density at radius 3 is 2.81 bits per heavy atom. The number of aromatic nitrogens is 2. The van der Waals surface area contributed by atoms with Crippen molar-refractivity contribution in [2.75, 3.05) is 5.75 Å². The molecule has 130 valence electrons. The van der Waals surface area contributed by atoms with Crippen LogP contribution in [0.15, 0.2) is 71.9 Å². The minimum Gasteiger partial charge on any atom is -0.350 e. The highest BCUT2D eigenvalue weighted by Gasteiger charge is 2.06. The lowest BCUT2D eigenvalue weighted by atomic mass is 10.1. The molecule has 2 aromatic carbocycles. The molecular weight excluding hydrogens is 366 g/mol. The van der Waals surface area contributed by atoms with E-state index in [0.717, 1.165) is 16.2 Å². The number of carbonyl (C=O) groups is 1. The molecule has 0 aliphatic rings. The van der Waals surface area contributed by atoms with Crippen molar-refractivity contribution in [3.8, 4) is 0 Å². The summed E-state index contributed by atoms with van der Waals surface area (Å²) in [6, 6.07) is 18.1. The first-order valence-corrected chi connectivity index (χ1v) is 9.55. The van der Waals surface area contributed by atoms with Crippen LogP contribution in [0, 0.1) is 0 Å². The number of carbonyl (C=O) groups excluding carboxylic acids is 1. The Kier molecular flexibility index (Phi) is 4.82. The van der Waals surface area contributed by atoms with Gasteiger partial charge >= 0.3 is 0 Å². The van der Waals surface area contributed by atoms with Crippen molar-refractivity contribution in [1.29, 1.82) is 0 Å². The summed E-state index contributed by atoms with van der Waals surface area (Å²) in [7, 11) is 0. The molecule has 0 aliphatic heterocycles. The molecule has 0 atom stereocenters. The lowest BCUT2D eigenvalue weighted by molar-refractivity contribution is -0.118. The van der Waals surface area contributed by atoms with Gasteiger partial charge in [0.15, 0.2) is 0 Å². The van der Waals surface area contributed by atoms with Crippen molar-refractivity contribution in [3.63, 3.8) is 0 Å². The average Bonchev–Trinajstić information content (AvgIpc) is 3.06. The number of benzene rings is 2. The highest BCUT2D eigenvalue weighted by Crippen LogP contribution is 2.23. The van der Waals surface area contributed by atoms with E-state index in [1.807, 2.05) is 34.9 Å². The van der Waals surface area contributed by atoms with Crippen molar-refractivity contribution in [1.82, 2.24) is 14.7 Å². The summed E-state index contributed by atoms with van der Waals surface area (Å²) in [5.41, 5.74) is 1.61. The van der Waals surface area contributed by atoms with E-state index in [1.165, 1.54) is 22.5 Å². The quantitative estimate of drug-likeness (QED) is 0.516. The number of halogens is 1. The van der Waals surface area contributed by atoms with Crippen LogP contribution in [0.3, 0.4) is 0 Å². The molecule has 0 aliphatic carbocycles. The van der Waals surface area contributed by atoms with Gasteiger partial charge in [0.05, 0.1) is 23.0 Å². The number of fused-ring (bicyclic) bond motifs is 2. The standard InChI is InChI=1S/C20H16ClN3OS/c21-16-6-8-19-23-17(12-24(19)11-16)10-22-20(25)13-26-18-7-5-14-3-1-2-4-15(14)9-18/h1-9,11-12H,10,13H2,(H,22,25). The number of thioether (sulfide) groups is 1. The lowest BCUT2D eigenvalue weighted by Crippen LogP contribution is -2.24. The molecule has 2 aromatic heterocycles. The maximum atomic E-state index is 12.1. The van der Waals surface area contributed by atoms with Gasteiger partial charge in [0.1, 0.15) is 5.65 Å². The van der Waals surface area contributed by atoms with E-state index in [-0.39, 0.29) is 5.91 Å². The second-order valence-electron chi connectivity index (χ2n) is 5.92. The SMILES string of the molecule is O=C(CSc1ccc2ccccc2c1)NCc1cn2cc(Cl)ccc2n1. The van der Waals surface area contributed by atoms with Crippen LogP contribution in [0.4, 0.5) is 0 Å². The van der Waals surface area contributed by atoms with Crippen LogP contribution < -0.4 is 5.32 Å². The minimum atomic E-state index is -0.0155. The van der Waals surface area contributed by atoms with Gasteiger partial charge in [-0.3, -0.25) is 4.79 Å². The topological polar surface area (TPSA) is 46.4 Å². The summed E-state index contributed by atoms with van der Waals surface area (Å²) >= 11 is 7.50. The summed E-state index contributed by atoms with van der Waals surface area (Å²) in [4.78, 5) is 17.7. The van der Waals surface area contributed by atoms with E-state index in [4.69, 9.17) is 11.6 Å². The van der Waals surface area contributed by atoms with Crippen LogP contribution in [-0.2, 0) is 11.3 Å². The van der Waals surface area contributed by atoms with E-state index in [0.29, 0.717) is 17.3 Å². The van der Waals surface area contributed by atoms with Crippen LogP contribution in [0.1, 0.15) is 5.69 Å². The summed E-state index contributed by atoms with van der Waals surface area (Å²) in [5.74, 6) is 0.357. The first-order valence-electron chi connectivity index (χ1n) is 8.19. The third-order valence-electron chi connectivity index (χ3n) is 4.02. The molecule has 1 N–H and O–H groups in total. The van der Waals surface area contributed by atoms with Crippen molar-refractivity contribution < 1.29 is 4.79 Å². The van der Waals surface area contributed by atoms with Crippen molar-refractivity contribution >= 4 is 45.7 Å². The van der Waals surface area contributed by atoms with Crippen LogP contribution in [0.2, 0.25) is 5.02 Å². The predicted molar refractivity (Wildman–Crippen MR) is 107 cm³/mol. The Morgan fingerprint density at radius 1 is 1.08 bits per heavy atom. The molecule has 4 nitrogen and oxygen atoms in total. The molecule has 4 aromatic rings. The number of imidazole rings is 1. The summed E-state index contributed by atoms with van der Waals surface area (Å²) in [6.45, 7) is 0.399. The van der Waals surface area contributed by atoms with Gasteiger partial charge < -0.3 is 9.72 Å². The summed E-state index contributed by atoms with van der Waals surface area (Å²) in [5, 5.41) is 5.95. The Bertz CT molecular complexity index is 1090. The maximum Gasteiger partial charge on any atom is 0.230 e. The predicted octanol–water partition coefficient (Wildman–Crippen LogP) is 4.55. The third-order valence-corrected chi connectivity index (χ3v) is 5.24. The van der Waals surface area contributed by atoms with E-state index in [1.54, 1.807) is 12.3 Å². The summed E-state index contributed by atoms with van der Waals surface area (Å²) in [6.07, 6.45) is 3.67. The smallest absolute Gasteiger partial charge is 0.230 e. The normalized spacial score (nSPS) is 11.1. The van der Waals surface area contributed by atoms with E-state index >= 15 is 0 Å². The molecule has 0 saturated heterocycles. The van der Waals surface area contributed by atoms with Gasteiger partial charge in [-0.25, -0.2) is 4.98 Å². The number of rotatable bonds is 5. The fourth-order valence-corrected chi connectivity index (χ4v) is 3.69. The van der Waals surface area contributed by atoms with Gasteiger partial charge in [-0.15, -0.1) is 11.8 Å². The monoisotopic (exact) mass is 381 g/mol. The molecular formula is C20H16ClN3OS. The number of pyridine rings is 1. The summed E-state index contributed by atoms with van der Waals surface area (Å²) < 4.78 is 1.85. The number of hydrogen-bond donors (Lipinski definition) is 1. The first-order chi connectivity index (χ1) is 12.7. The Balaban J connectivity index is 1.34. The number of amides is 1. The van der Waals surface area contributed by atoms with Crippen molar-refractivity contribution in [3.05, 3.63) is 77.7 Å². The largest absolute Gasteiger partial charge is 0.350 e. The number of nitrogens with one attached hydrogen (secondary N) is 1. The van der Waals surface area contributed by atoms with E-state index in [2.05, 4.69) is 34.6 Å². The van der Waals surface area contributed by atoms with Gasteiger partial charge in [0.2, 0.25) is 5.91 Å². The van der Waals surface area contributed by atoms with E-state index < -0.39 is 0 Å². The highest BCUT2D eigenvalue weighted by atomic mass is 35.5. The zero-order chi connectivity index (χ0) is 17.9. The van der Waals surface area contributed by atoms with Gasteiger partial charge in [0, 0.05) is 17.3 Å². The Labute approximate surface area is 160 Å². The number of nitrogens with zero attached hydrogens (tertiary/aromatic N) is 2. The van der Waals surface area contributed by atoms with Crippen LogP contribution >= 0.6 is 23.4 Å². The van der Waals surface area contributed by atoms with Gasteiger partial charge in [-0.2, -0.15) is 0 Å². The first kappa shape index (κ1) is 16.9. The molecule has 0 radical (unpaired) electrons. The zero-order valence-corrected chi connectivity index (χ0v) is 15.4. The second kappa shape index (κ2) is 7.40. The molecule has 0 spiro atoms. The maximum absolute atomic E-state index is 12.1. The van der Waals surface area contributed by atoms with Crippen molar-refractivity contribution in [2.24, 2.45) is 0 Å². The fraction of sp³-hybridized carbons (Fsp3) is 0.100. The highest BCUT2D eigenvalue weighted by molar-refractivity contribution is 8.00. The molecule has 6 heteroatoms. The Morgan fingerprint density at radius 2 is 1.92 bits per heavy atom. The van der Waals surface area contributed by atoms with Gasteiger partial charge in [-0.1, -0.05) is 41.9 Å². The molecule has 1 amide bonds. The molecule has 0 saturated carbocycles. The molecule has 0 unspecified atom stereocenters. The minimum absolute atomic E-state index is 0.0155. The van der Waals surface area contributed by atoms with E-state index in [9.17, 15) is 4.79 Å². The van der Waals surface area contributed by atoms with Crippen LogP contribution in [0.5, 0.6) is 0 Å². The number of hydrogen-bond acceptors (Lipinski definition) is 3. The van der Waals surface area contributed by atoms with Crippen LogP contribution in [0.25, 0.3) is 16.4 Å². The molecule has 4 rings (SSSR count). The lowest BCUT2D eigenvalue weighted by Gasteiger charge is -2.05.